The third-order valence-corrected chi connectivity index (χ3v) is 7.44. The van der Waals surface area contributed by atoms with Crippen LogP contribution >= 0.6 is 23.2 Å². The van der Waals surface area contributed by atoms with Crippen LogP contribution < -0.4 is 5.32 Å². The number of aromatic nitrogens is 1. The number of nitrogens with zero attached hydrogens (tertiary/aromatic N) is 2. The van der Waals surface area contributed by atoms with Crippen LogP contribution in [-0.4, -0.2) is 28.5 Å². The number of fused-ring (bicyclic) bond motifs is 1. The molecule has 3 aromatic carbocycles. The largest absolute Gasteiger partial charge is 0.340 e. The molecule has 1 aliphatic rings. The van der Waals surface area contributed by atoms with Crippen molar-refractivity contribution in [3.63, 3.8) is 0 Å². The second-order valence-electron chi connectivity index (χ2n) is 8.73. The number of aryl methyl sites for hydroxylation is 1. The van der Waals surface area contributed by atoms with E-state index in [1.807, 2.05) is 48.0 Å². The Balaban J connectivity index is 1.46. The van der Waals surface area contributed by atoms with Gasteiger partial charge >= 0.3 is 0 Å². The summed E-state index contributed by atoms with van der Waals surface area (Å²) in [5.74, 6) is -0.119. The Morgan fingerprint density at radius 2 is 1.70 bits per heavy atom. The summed E-state index contributed by atoms with van der Waals surface area (Å²) in [4.78, 5) is 16.0. The van der Waals surface area contributed by atoms with Crippen molar-refractivity contribution in [1.82, 2.24) is 14.8 Å². The average Bonchev–Trinajstić information content (AvgIpc) is 3.39. The summed E-state index contributed by atoms with van der Waals surface area (Å²) in [5, 5.41) is 5.13. The Bertz CT molecular complexity index is 1300. The van der Waals surface area contributed by atoms with Crippen LogP contribution in [0.2, 0.25) is 10.0 Å². The van der Waals surface area contributed by atoms with E-state index in [0.717, 1.165) is 42.5 Å². The summed E-state index contributed by atoms with van der Waals surface area (Å²) in [6.45, 7) is 2.50. The van der Waals surface area contributed by atoms with Gasteiger partial charge in [0.2, 0.25) is 0 Å². The minimum atomic E-state index is -0.467. The molecule has 1 fully saturated rings. The third-order valence-electron chi connectivity index (χ3n) is 6.62. The zero-order chi connectivity index (χ0) is 23.0. The molecule has 5 rings (SSSR count). The molecule has 0 bridgehead atoms. The number of rotatable bonds is 5. The fraction of sp³-hybridized carbons (Fsp3) is 0.222. The summed E-state index contributed by atoms with van der Waals surface area (Å²) in [7, 11) is 1.88. The van der Waals surface area contributed by atoms with Crippen LogP contribution in [0.4, 0.5) is 0 Å². The third kappa shape index (κ3) is 4.15. The number of carbonyl (C=O) groups is 1. The van der Waals surface area contributed by atoms with Crippen LogP contribution in [0.15, 0.2) is 78.9 Å². The maximum atomic E-state index is 13.6. The van der Waals surface area contributed by atoms with Gasteiger partial charge in [-0.05, 0) is 35.7 Å². The monoisotopic (exact) mass is 477 g/mol. The number of likely N-dealkylation sites (tertiary alicyclic amines) is 1. The van der Waals surface area contributed by atoms with Crippen LogP contribution in [0.3, 0.4) is 0 Å². The second kappa shape index (κ2) is 8.86. The van der Waals surface area contributed by atoms with E-state index in [1.165, 1.54) is 5.56 Å². The van der Waals surface area contributed by atoms with Crippen LogP contribution in [0.25, 0.3) is 10.9 Å². The molecule has 168 valence electrons. The van der Waals surface area contributed by atoms with E-state index >= 15 is 0 Å². The van der Waals surface area contributed by atoms with E-state index in [0.29, 0.717) is 15.7 Å². The Morgan fingerprint density at radius 3 is 2.42 bits per heavy atom. The first-order chi connectivity index (χ1) is 16.0. The first-order valence-corrected chi connectivity index (χ1v) is 11.8. The zero-order valence-corrected chi connectivity index (χ0v) is 19.9. The molecule has 0 aliphatic carbocycles. The van der Waals surface area contributed by atoms with E-state index in [9.17, 15) is 4.79 Å². The minimum absolute atomic E-state index is 0.119. The predicted molar refractivity (Wildman–Crippen MR) is 135 cm³/mol. The Morgan fingerprint density at radius 1 is 1.00 bits per heavy atom. The van der Waals surface area contributed by atoms with Gasteiger partial charge in [0.1, 0.15) is 5.69 Å². The molecular weight excluding hydrogens is 453 g/mol. The van der Waals surface area contributed by atoms with Crippen molar-refractivity contribution < 1.29 is 4.79 Å². The van der Waals surface area contributed by atoms with Crippen LogP contribution in [0.1, 0.15) is 28.0 Å². The van der Waals surface area contributed by atoms with E-state index < -0.39 is 5.54 Å². The number of nitrogens with one attached hydrogen (secondary N) is 1. The molecule has 0 radical (unpaired) electrons. The molecule has 1 aliphatic heterocycles. The van der Waals surface area contributed by atoms with Gasteiger partial charge in [-0.1, -0.05) is 83.9 Å². The van der Waals surface area contributed by atoms with Gasteiger partial charge in [0, 0.05) is 37.6 Å². The summed E-state index contributed by atoms with van der Waals surface area (Å²) in [5.41, 5.74) is 3.36. The lowest BCUT2D eigenvalue weighted by atomic mass is 9.88. The highest BCUT2D eigenvalue weighted by Crippen LogP contribution is 2.35. The standard InChI is InChI=1S/C27H25Cl2N3O/c1-31-23-13-12-22(28)25(29)21(23)16-24(31)26(33)30-27(20-10-6-3-7-11-20)14-15-32(18-27)17-19-8-4-2-5-9-19/h2-13,16H,14-15,17-18H2,1H3,(H,30,33). The minimum Gasteiger partial charge on any atom is -0.340 e. The molecule has 1 atom stereocenters. The summed E-state index contributed by atoms with van der Waals surface area (Å²) >= 11 is 12.6. The number of halogens is 2. The maximum absolute atomic E-state index is 13.6. The number of carbonyl (C=O) groups excluding carboxylic acids is 1. The summed E-state index contributed by atoms with van der Waals surface area (Å²) in [6.07, 6.45) is 0.839. The Hall–Kier alpha value is -2.79. The van der Waals surface area contributed by atoms with Gasteiger partial charge in [0.05, 0.1) is 15.6 Å². The molecule has 0 spiro atoms. The SMILES string of the molecule is Cn1c(C(=O)NC2(c3ccccc3)CCN(Cc3ccccc3)C2)cc2c(Cl)c(Cl)ccc21. The lowest BCUT2D eigenvalue weighted by molar-refractivity contribution is 0.0889. The lowest BCUT2D eigenvalue weighted by Gasteiger charge is -2.31. The number of hydrogen-bond donors (Lipinski definition) is 1. The zero-order valence-electron chi connectivity index (χ0n) is 18.4. The molecule has 6 heteroatoms. The molecule has 4 nitrogen and oxygen atoms in total. The highest BCUT2D eigenvalue weighted by atomic mass is 35.5. The number of amides is 1. The number of hydrogen-bond acceptors (Lipinski definition) is 2. The normalized spacial score (nSPS) is 18.6. The quantitative estimate of drug-likeness (QED) is 0.381. The van der Waals surface area contributed by atoms with Gasteiger partial charge in [-0.15, -0.1) is 0 Å². The molecule has 1 saturated heterocycles. The average molecular weight is 478 g/mol. The molecule has 0 saturated carbocycles. The highest BCUT2D eigenvalue weighted by molar-refractivity contribution is 6.45. The first-order valence-electron chi connectivity index (χ1n) is 11.0. The van der Waals surface area contributed by atoms with E-state index in [4.69, 9.17) is 23.2 Å². The molecule has 2 heterocycles. The van der Waals surface area contributed by atoms with Crippen LogP contribution in [0.5, 0.6) is 0 Å². The molecule has 4 aromatic rings. The van der Waals surface area contributed by atoms with Crippen LogP contribution in [0, 0.1) is 0 Å². The summed E-state index contributed by atoms with van der Waals surface area (Å²) < 4.78 is 1.88. The molecule has 1 N–H and O–H groups in total. The van der Waals surface area contributed by atoms with Gasteiger partial charge < -0.3 is 9.88 Å². The van der Waals surface area contributed by atoms with Crippen molar-refractivity contribution in [3.8, 4) is 0 Å². The van der Waals surface area contributed by atoms with Crippen molar-refractivity contribution in [3.05, 3.63) is 106 Å². The van der Waals surface area contributed by atoms with Crippen molar-refractivity contribution >= 4 is 40.0 Å². The van der Waals surface area contributed by atoms with E-state index in [2.05, 4.69) is 46.6 Å². The molecule has 1 aromatic heterocycles. The first kappa shape index (κ1) is 22.0. The van der Waals surface area contributed by atoms with Crippen molar-refractivity contribution in [2.24, 2.45) is 7.05 Å². The van der Waals surface area contributed by atoms with Gasteiger partial charge in [0.25, 0.3) is 5.91 Å². The fourth-order valence-corrected chi connectivity index (χ4v) is 5.26. The van der Waals surface area contributed by atoms with Crippen molar-refractivity contribution in [1.29, 1.82) is 0 Å². The van der Waals surface area contributed by atoms with Gasteiger partial charge in [-0.2, -0.15) is 0 Å². The molecule has 1 amide bonds. The topological polar surface area (TPSA) is 37.3 Å². The second-order valence-corrected chi connectivity index (χ2v) is 9.52. The Kier molecular flexibility index (Phi) is 5.92. The smallest absolute Gasteiger partial charge is 0.268 e. The van der Waals surface area contributed by atoms with Gasteiger partial charge in [-0.25, -0.2) is 0 Å². The maximum Gasteiger partial charge on any atom is 0.268 e. The molecular formula is C27H25Cl2N3O. The summed E-state index contributed by atoms with van der Waals surface area (Å²) in [6, 6.07) is 26.2. The molecule has 1 unspecified atom stereocenters. The van der Waals surface area contributed by atoms with Crippen molar-refractivity contribution in [2.45, 2.75) is 18.5 Å². The number of benzene rings is 3. The van der Waals surface area contributed by atoms with E-state index in [1.54, 1.807) is 6.07 Å². The van der Waals surface area contributed by atoms with E-state index in [-0.39, 0.29) is 5.91 Å². The fourth-order valence-electron chi connectivity index (χ4n) is 4.88. The van der Waals surface area contributed by atoms with Gasteiger partial charge in [0.15, 0.2) is 0 Å². The Labute approximate surface area is 203 Å². The van der Waals surface area contributed by atoms with Crippen molar-refractivity contribution in [2.75, 3.05) is 13.1 Å². The molecule has 33 heavy (non-hydrogen) atoms. The highest BCUT2D eigenvalue weighted by Gasteiger charge is 2.41. The lowest BCUT2D eigenvalue weighted by Crippen LogP contribution is -2.48. The van der Waals surface area contributed by atoms with Gasteiger partial charge in [-0.3, -0.25) is 9.69 Å². The predicted octanol–water partition coefficient (Wildman–Crippen LogP) is 6.02. The van der Waals surface area contributed by atoms with Crippen LogP contribution in [-0.2, 0) is 19.1 Å².